The molecule has 19 heavy (non-hydrogen) atoms. The van der Waals surface area contributed by atoms with Gasteiger partial charge in [-0.2, -0.15) is 0 Å². The number of halogens is 1. The second kappa shape index (κ2) is 5.71. The minimum Gasteiger partial charge on any atom is -0.486 e. The van der Waals surface area contributed by atoms with Gasteiger partial charge in [0.25, 0.3) is 0 Å². The maximum absolute atomic E-state index is 10.7. The Morgan fingerprint density at radius 2 is 2.16 bits per heavy atom. The van der Waals surface area contributed by atoms with Gasteiger partial charge in [0.1, 0.15) is 12.4 Å². The number of aromatic carboxylic acids is 1. The van der Waals surface area contributed by atoms with E-state index in [1.54, 1.807) is 12.1 Å². The lowest BCUT2D eigenvalue weighted by molar-refractivity contribution is 0.0696. The smallest absolute Gasteiger partial charge is 0.337 e. The first-order valence-electron chi connectivity index (χ1n) is 5.63. The zero-order valence-corrected chi connectivity index (χ0v) is 11.0. The van der Waals surface area contributed by atoms with Crippen LogP contribution in [0.4, 0.5) is 0 Å². The fourth-order valence-corrected chi connectivity index (χ4v) is 1.80. The predicted octanol–water partition coefficient (Wildman–Crippen LogP) is 3.32. The van der Waals surface area contributed by atoms with Crippen molar-refractivity contribution in [3.8, 4) is 5.75 Å². The van der Waals surface area contributed by atoms with Crippen molar-refractivity contribution in [2.24, 2.45) is 0 Å². The van der Waals surface area contributed by atoms with Crippen LogP contribution in [0, 0.1) is 6.92 Å². The van der Waals surface area contributed by atoms with Crippen LogP contribution in [0.5, 0.6) is 5.75 Å². The van der Waals surface area contributed by atoms with Crippen LogP contribution in [0.15, 0.2) is 36.5 Å². The Hall–Kier alpha value is -2.07. The van der Waals surface area contributed by atoms with Gasteiger partial charge >= 0.3 is 5.97 Å². The highest BCUT2D eigenvalue weighted by Gasteiger charge is 2.05. The first-order chi connectivity index (χ1) is 9.06. The Morgan fingerprint density at radius 3 is 2.74 bits per heavy atom. The molecule has 0 aliphatic rings. The van der Waals surface area contributed by atoms with Crippen molar-refractivity contribution in [1.82, 2.24) is 4.98 Å². The Balaban J connectivity index is 2.04. The van der Waals surface area contributed by atoms with E-state index in [0.29, 0.717) is 16.5 Å². The maximum Gasteiger partial charge on any atom is 0.337 e. The molecule has 0 radical (unpaired) electrons. The molecule has 0 saturated heterocycles. The lowest BCUT2D eigenvalue weighted by Crippen LogP contribution is -2.02. The van der Waals surface area contributed by atoms with Crippen LogP contribution < -0.4 is 4.74 Å². The molecule has 0 spiro atoms. The van der Waals surface area contributed by atoms with E-state index >= 15 is 0 Å². The predicted molar refractivity (Wildman–Crippen MR) is 71.7 cm³/mol. The molecule has 1 aromatic carbocycles. The van der Waals surface area contributed by atoms with Crippen molar-refractivity contribution in [2.75, 3.05) is 0 Å². The lowest BCUT2D eigenvalue weighted by Gasteiger charge is -2.08. The van der Waals surface area contributed by atoms with Gasteiger partial charge in [-0.1, -0.05) is 17.7 Å². The summed E-state index contributed by atoms with van der Waals surface area (Å²) in [6.07, 6.45) is 1.30. The number of hydrogen-bond acceptors (Lipinski definition) is 3. The second-order valence-electron chi connectivity index (χ2n) is 4.07. The zero-order valence-electron chi connectivity index (χ0n) is 10.3. The van der Waals surface area contributed by atoms with Gasteiger partial charge in [0, 0.05) is 6.20 Å². The Morgan fingerprint density at radius 1 is 1.37 bits per heavy atom. The summed E-state index contributed by atoms with van der Waals surface area (Å²) in [6, 6.07) is 8.62. The van der Waals surface area contributed by atoms with Gasteiger partial charge in [0.05, 0.1) is 16.3 Å². The molecule has 0 bridgehead atoms. The third-order valence-electron chi connectivity index (χ3n) is 2.53. The van der Waals surface area contributed by atoms with Crippen LogP contribution in [0.1, 0.15) is 21.6 Å². The van der Waals surface area contributed by atoms with Gasteiger partial charge in [-0.3, -0.25) is 4.98 Å². The number of carboxylic acid groups (broad SMARTS) is 1. The summed E-state index contributed by atoms with van der Waals surface area (Å²) in [5.41, 5.74) is 1.85. The number of nitrogens with zero attached hydrogens (tertiary/aromatic N) is 1. The number of aryl methyl sites for hydroxylation is 1. The van der Waals surface area contributed by atoms with Crippen LogP contribution in [-0.2, 0) is 6.61 Å². The molecule has 4 nitrogen and oxygen atoms in total. The highest BCUT2D eigenvalue weighted by Crippen LogP contribution is 2.25. The van der Waals surface area contributed by atoms with E-state index in [4.69, 9.17) is 21.4 Å². The van der Waals surface area contributed by atoms with Gasteiger partial charge < -0.3 is 9.84 Å². The molecule has 98 valence electrons. The first-order valence-corrected chi connectivity index (χ1v) is 6.01. The summed E-state index contributed by atoms with van der Waals surface area (Å²) in [7, 11) is 0. The molecule has 0 unspecified atom stereocenters. The molecular weight excluding hydrogens is 266 g/mol. The number of hydrogen-bond donors (Lipinski definition) is 1. The zero-order chi connectivity index (χ0) is 13.8. The van der Waals surface area contributed by atoms with Crippen LogP contribution in [-0.4, -0.2) is 16.1 Å². The summed E-state index contributed by atoms with van der Waals surface area (Å²) in [6.45, 7) is 2.19. The normalized spacial score (nSPS) is 10.2. The minimum absolute atomic E-state index is 0.150. The first kappa shape index (κ1) is 13.4. The fourth-order valence-electron chi connectivity index (χ4n) is 1.51. The summed E-state index contributed by atoms with van der Waals surface area (Å²) in [4.78, 5) is 14.7. The fraction of sp³-hybridized carbons (Fsp3) is 0.143. The molecule has 0 amide bonds. The number of pyridine rings is 1. The number of benzene rings is 1. The molecule has 0 fully saturated rings. The van der Waals surface area contributed by atoms with Gasteiger partial charge in [0.2, 0.25) is 0 Å². The highest BCUT2D eigenvalue weighted by molar-refractivity contribution is 6.32. The molecule has 2 rings (SSSR count). The van der Waals surface area contributed by atoms with Crippen molar-refractivity contribution in [1.29, 1.82) is 0 Å². The van der Waals surface area contributed by atoms with E-state index < -0.39 is 5.97 Å². The molecule has 0 aliphatic carbocycles. The van der Waals surface area contributed by atoms with Crippen LogP contribution in [0.2, 0.25) is 5.02 Å². The number of carbonyl (C=O) groups is 1. The van der Waals surface area contributed by atoms with Crippen molar-refractivity contribution in [3.63, 3.8) is 0 Å². The van der Waals surface area contributed by atoms with Crippen LogP contribution >= 0.6 is 11.6 Å². The third-order valence-corrected chi connectivity index (χ3v) is 2.83. The van der Waals surface area contributed by atoms with E-state index in [-0.39, 0.29) is 12.2 Å². The molecule has 0 saturated carbocycles. The van der Waals surface area contributed by atoms with E-state index in [1.807, 2.05) is 19.1 Å². The molecule has 0 atom stereocenters. The average molecular weight is 278 g/mol. The number of carboxylic acids is 1. The second-order valence-corrected chi connectivity index (χ2v) is 4.47. The molecule has 2 aromatic rings. The molecule has 1 heterocycles. The van der Waals surface area contributed by atoms with E-state index in [9.17, 15) is 4.79 Å². The molecular formula is C14H12ClNO3. The van der Waals surface area contributed by atoms with Crippen LogP contribution in [0.3, 0.4) is 0 Å². The van der Waals surface area contributed by atoms with Gasteiger partial charge in [-0.05, 0) is 36.8 Å². The Bertz CT molecular complexity index is 596. The maximum atomic E-state index is 10.7. The molecule has 5 heteroatoms. The Labute approximate surface area is 115 Å². The van der Waals surface area contributed by atoms with E-state index in [1.165, 1.54) is 12.3 Å². The summed E-state index contributed by atoms with van der Waals surface area (Å²) in [5.74, 6) is -0.419. The monoisotopic (exact) mass is 277 g/mol. The summed E-state index contributed by atoms with van der Waals surface area (Å²) >= 11 is 6.04. The number of rotatable bonds is 4. The highest BCUT2D eigenvalue weighted by atomic mass is 35.5. The van der Waals surface area contributed by atoms with Crippen molar-refractivity contribution in [2.45, 2.75) is 13.5 Å². The standard InChI is InChI=1S/C14H12ClNO3/c1-9-2-5-13(12(15)6-9)19-8-11-4-3-10(7-16-11)14(17)18/h2-7H,8H2,1H3,(H,17,18). The molecule has 1 N–H and O–H groups in total. The lowest BCUT2D eigenvalue weighted by atomic mass is 10.2. The van der Waals surface area contributed by atoms with Crippen molar-refractivity contribution < 1.29 is 14.6 Å². The largest absolute Gasteiger partial charge is 0.486 e. The summed E-state index contributed by atoms with van der Waals surface area (Å²) in [5, 5.41) is 9.30. The topological polar surface area (TPSA) is 59.4 Å². The SMILES string of the molecule is Cc1ccc(OCc2ccc(C(=O)O)cn2)c(Cl)c1. The van der Waals surface area contributed by atoms with E-state index in [0.717, 1.165) is 5.56 Å². The molecule has 1 aromatic heterocycles. The Kier molecular flexibility index (Phi) is 4.02. The minimum atomic E-state index is -0.999. The summed E-state index contributed by atoms with van der Waals surface area (Å²) < 4.78 is 5.54. The third kappa shape index (κ3) is 3.45. The molecule has 0 aliphatic heterocycles. The van der Waals surface area contributed by atoms with Gasteiger partial charge in [-0.25, -0.2) is 4.79 Å². The number of aromatic nitrogens is 1. The van der Waals surface area contributed by atoms with Crippen molar-refractivity contribution in [3.05, 3.63) is 58.4 Å². The van der Waals surface area contributed by atoms with Crippen LogP contribution in [0.25, 0.3) is 0 Å². The van der Waals surface area contributed by atoms with Gasteiger partial charge in [-0.15, -0.1) is 0 Å². The van der Waals surface area contributed by atoms with E-state index in [2.05, 4.69) is 4.98 Å². The number of ether oxygens (including phenoxy) is 1. The quantitative estimate of drug-likeness (QED) is 0.931. The van der Waals surface area contributed by atoms with Crippen molar-refractivity contribution >= 4 is 17.6 Å². The van der Waals surface area contributed by atoms with Gasteiger partial charge in [0.15, 0.2) is 0 Å². The average Bonchev–Trinajstić information content (AvgIpc) is 2.38.